The van der Waals surface area contributed by atoms with Gasteiger partial charge >= 0.3 is 0 Å². The number of rotatable bonds is 3. The summed E-state index contributed by atoms with van der Waals surface area (Å²) in [7, 11) is 0. The minimum Gasteiger partial charge on any atom is -0.346 e. The summed E-state index contributed by atoms with van der Waals surface area (Å²) in [5.74, 6) is 0.324. The lowest BCUT2D eigenvalue weighted by Gasteiger charge is -2.26. The third-order valence-electron chi connectivity index (χ3n) is 4.96. The van der Waals surface area contributed by atoms with Gasteiger partial charge in [0.1, 0.15) is 0 Å². The second kappa shape index (κ2) is 5.96. The van der Waals surface area contributed by atoms with Crippen molar-refractivity contribution < 1.29 is 4.79 Å². The van der Waals surface area contributed by atoms with Crippen LogP contribution < -0.4 is 4.90 Å². The van der Waals surface area contributed by atoms with E-state index in [1.807, 2.05) is 29.8 Å². The molecule has 1 aliphatic carbocycles. The summed E-state index contributed by atoms with van der Waals surface area (Å²) >= 11 is 1.67. The van der Waals surface area contributed by atoms with Crippen molar-refractivity contribution in [3.63, 3.8) is 0 Å². The highest BCUT2D eigenvalue weighted by Gasteiger charge is 2.52. The number of thiazole rings is 1. The first-order valence-electron chi connectivity index (χ1n) is 8.29. The summed E-state index contributed by atoms with van der Waals surface area (Å²) < 4.78 is 0. The van der Waals surface area contributed by atoms with E-state index in [0.717, 1.165) is 50.6 Å². The highest BCUT2D eigenvalue weighted by molar-refractivity contribution is 7.13. The molecule has 2 heterocycles. The molecule has 23 heavy (non-hydrogen) atoms. The minimum absolute atomic E-state index is 0.238. The van der Waals surface area contributed by atoms with E-state index < -0.39 is 0 Å². The Morgan fingerprint density at radius 3 is 2.61 bits per heavy atom. The Morgan fingerprint density at radius 1 is 1.09 bits per heavy atom. The van der Waals surface area contributed by atoms with Crippen LogP contribution in [0.25, 0.3) is 0 Å². The van der Waals surface area contributed by atoms with Crippen LogP contribution >= 0.6 is 11.3 Å². The molecule has 4 nitrogen and oxygen atoms in total. The van der Waals surface area contributed by atoms with Gasteiger partial charge in [0, 0.05) is 37.8 Å². The Hall–Kier alpha value is -1.88. The molecule has 0 unspecified atom stereocenters. The predicted octanol–water partition coefficient (Wildman–Crippen LogP) is 2.91. The molecule has 2 aliphatic rings. The molecule has 2 fully saturated rings. The topological polar surface area (TPSA) is 36.4 Å². The van der Waals surface area contributed by atoms with Crippen LogP contribution in [-0.2, 0) is 10.2 Å². The molecule has 0 spiro atoms. The van der Waals surface area contributed by atoms with E-state index in [0.29, 0.717) is 5.91 Å². The molecule has 0 N–H and O–H groups in total. The standard InChI is InChI=1S/C18H21N3OS/c22-16(18(7-8-18)15-5-2-1-3-6-15)20-10-4-11-21(13-12-20)17-19-9-14-23-17/h1-3,5-6,9,14H,4,7-8,10-13H2. The highest BCUT2D eigenvalue weighted by atomic mass is 32.1. The van der Waals surface area contributed by atoms with Crippen LogP contribution in [0.4, 0.5) is 5.13 Å². The van der Waals surface area contributed by atoms with E-state index in [4.69, 9.17) is 0 Å². The zero-order valence-electron chi connectivity index (χ0n) is 13.1. The molecule has 1 saturated heterocycles. The molecule has 1 amide bonds. The molecule has 2 aromatic rings. The Kier molecular flexibility index (Phi) is 3.81. The Bertz CT molecular complexity index is 667. The average Bonchev–Trinajstić information content (AvgIpc) is 3.31. The predicted molar refractivity (Wildman–Crippen MR) is 92.9 cm³/mol. The number of carbonyl (C=O) groups is 1. The molecule has 4 rings (SSSR count). The summed E-state index contributed by atoms with van der Waals surface area (Å²) in [6.45, 7) is 3.52. The van der Waals surface area contributed by atoms with Crippen LogP contribution in [0.3, 0.4) is 0 Å². The van der Waals surface area contributed by atoms with E-state index >= 15 is 0 Å². The number of benzene rings is 1. The quantitative estimate of drug-likeness (QED) is 0.870. The zero-order valence-corrected chi connectivity index (χ0v) is 14.0. The van der Waals surface area contributed by atoms with Gasteiger partial charge in [-0.2, -0.15) is 0 Å². The monoisotopic (exact) mass is 327 g/mol. The molecule has 120 valence electrons. The molecular formula is C18H21N3OS. The Morgan fingerprint density at radius 2 is 1.91 bits per heavy atom. The molecule has 1 saturated carbocycles. The summed E-state index contributed by atoms with van der Waals surface area (Å²) in [5, 5.41) is 3.08. The largest absolute Gasteiger partial charge is 0.346 e. The summed E-state index contributed by atoms with van der Waals surface area (Å²) in [5.41, 5.74) is 0.948. The molecule has 1 aliphatic heterocycles. The molecule has 0 radical (unpaired) electrons. The van der Waals surface area contributed by atoms with Crippen molar-refractivity contribution in [2.45, 2.75) is 24.7 Å². The average molecular weight is 327 g/mol. The van der Waals surface area contributed by atoms with E-state index in [1.54, 1.807) is 11.3 Å². The van der Waals surface area contributed by atoms with Gasteiger partial charge in [-0.25, -0.2) is 4.98 Å². The fourth-order valence-corrected chi connectivity index (χ4v) is 4.19. The van der Waals surface area contributed by atoms with Gasteiger partial charge in [0.2, 0.25) is 5.91 Å². The normalized spacial score (nSPS) is 20.2. The van der Waals surface area contributed by atoms with E-state index in [-0.39, 0.29) is 5.41 Å². The maximum absolute atomic E-state index is 13.1. The third kappa shape index (κ3) is 2.74. The fourth-order valence-electron chi connectivity index (χ4n) is 3.49. The van der Waals surface area contributed by atoms with Crippen LogP contribution in [0.5, 0.6) is 0 Å². The zero-order chi connectivity index (χ0) is 15.7. The molecule has 0 bridgehead atoms. The van der Waals surface area contributed by atoms with Gasteiger partial charge in [0.25, 0.3) is 0 Å². The second-order valence-electron chi connectivity index (χ2n) is 6.40. The van der Waals surface area contributed by atoms with E-state index in [9.17, 15) is 4.79 Å². The first-order chi connectivity index (χ1) is 11.3. The van der Waals surface area contributed by atoms with Crippen molar-refractivity contribution in [2.24, 2.45) is 0 Å². The number of hydrogen-bond acceptors (Lipinski definition) is 4. The Labute approximate surface area is 140 Å². The number of nitrogens with zero attached hydrogens (tertiary/aromatic N) is 3. The van der Waals surface area contributed by atoms with E-state index in [1.165, 1.54) is 5.56 Å². The molecule has 0 atom stereocenters. The number of amides is 1. The second-order valence-corrected chi connectivity index (χ2v) is 7.27. The van der Waals surface area contributed by atoms with Crippen molar-refractivity contribution >= 4 is 22.4 Å². The first-order valence-corrected chi connectivity index (χ1v) is 9.17. The van der Waals surface area contributed by atoms with Crippen molar-refractivity contribution in [2.75, 3.05) is 31.1 Å². The van der Waals surface area contributed by atoms with Gasteiger partial charge < -0.3 is 9.80 Å². The van der Waals surface area contributed by atoms with Crippen LogP contribution in [0.1, 0.15) is 24.8 Å². The molecular weight excluding hydrogens is 306 g/mol. The van der Waals surface area contributed by atoms with Crippen molar-refractivity contribution in [3.05, 3.63) is 47.5 Å². The van der Waals surface area contributed by atoms with Crippen molar-refractivity contribution in [3.8, 4) is 0 Å². The van der Waals surface area contributed by atoms with Gasteiger partial charge in [-0.05, 0) is 24.8 Å². The molecule has 1 aromatic carbocycles. The maximum Gasteiger partial charge on any atom is 0.233 e. The fraction of sp³-hybridized carbons (Fsp3) is 0.444. The third-order valence-corrected chi connectivity index (χ3v) is 5.79. The number of hydrogen-bond donors (Lipinski definition) is 0. The number of aromatic nitrogens is 1. The summed E-state index contributed by atoms with van der Waals surface area (Å²) in [6.07, 6.45) is 4.84. The van der Waals surface area contributed by atoms with Gasteiger partial charge in [-0.15, -0.1) is 11.3 Å². The minimum atomic E-state index is -0.238. The lowest BCUT2D eigenvalue weighted by Crippen LogP contribution is -2.41. The van der Waals surface area contributed by atoms with Gasteiger partial charge in [0.15, 0.2) is 5.13 Å². The van der Waals surface area contributed by atoms with Crippen molar-refractivity contribution in [1.29, 1.82) is 0 Å². The van der Waals surface area contributed by atoms with Crippen LogP contribution in [0, 0.1) is 0 Å². The summed E-state index contributed by atoms with van der Waals surface area (Å²) in [6, 6.07) is 10.3. The maximum atomic E-state index is 13.1. The lowest BCUT2D eigenvalue weighted by atomic mass is 9.94. The summed E-state index contributed by atoms with van der Waals surface area (Å²) in [4.78, 5) is 21.9. The van der Waals surface area contributed by atoms with Gasteiger partial charge in [0.05, 0.1) is 5.41 Å². The molecule has 5 heteroatoms. The highest BCUT2D eigenvalue weighted by Crippen LogP contribution is 2.49. The van der Waals surface area contributed by atoms with Crippen molar-refractivity contribution in [1.82, 2.24) is 9.88 Å². The Balaban J connectivity index is 1.47. The van der Waals surface area contributed by atoms with E-state index in [2.05, 4.69) is 26.9 Å². The molecule has 1 aromatic heterocycles. The SMILES string of the molecule is O=C(N1CCCN(c2nccs2)CC1)C1(c2ccccc2)CC1. The number of carbonyl (C=O) groups excluding carboxylic acids is 1. The smallest absolute Gasteiger partial charge is 0.233 e. The van der Waals surface area contributed by atoms with Gasteiger partial charge in [-0.1, -0.05) is 30.3 Å². The van der Waals surface area contributed by atoms with Crippen LogP contribution in [-0.4, -0.2) is 42.0 Å². The van der Waals surface area contributed by atoms with Crippen LogP contribution in [0.15, 0.2) is 41.9 Å². The number of anilines is 1. The first kappa shape index (κ1) is 14.7. The van der Waals surface area contributed by atoms with Crippen LogP contribution in [0.2, 0.25) is 0 Å². The lowest BCUT2D eigenvalue weighted by molar-refractivity contribution is -0.133. The van der Waals surface area contributed by atoms with Gasteiger partial charge in [-0.3, -0.25) is 4.79 Å².